The van der Waals surface area contributed by atoms with E-state index in [0.717, 1.165) is 6.07 Å². The lowest BCUT2D eigenvalue weighted by Gasteiger charge is -2.42. The first-order valence-corrected chi connectivity index (χ1v) is 7.21. The number of rotatable bonds is 2. The predicted octanol–water partition coefficient (Wildman–Crippen LogP) is 1.49. The zero-order valence-electron chi connectivity index (χ0n) is 12.8. The molecule has 23 heavy (non-hydrogen) atoms. The number of fused-ring (bicyclic) bond motifs is 1. The number of carbonyl (C=O) groups excluding carboxylic acids is 1. The van der Waals surface area contributed by atoms with Gasteiger partial charge in [-0.25, -0.2) is 0 Å². The van der Waals surface area contributed by atoms with E-state index in [1.54, 1.807) is 32.0 Å². The second-order valence-corrected chi connectivity index (χ2v) is 6.14. The highest BCUT2D eigenvalue weighted by Crippen LogP contribution is 2.41. The van der Waals surface area contributed by atoms with Crippen molar-refractivity contribution in [1.82, 2.24) is 4.57 Å². The first-order valence-electron chi connectivity index (χ1n) is 7.21. The number of carbonyl (C=O) groups is 1. The third-order valence-corrected chi connectivity index (χ3v) is 4.10. The summed E-state index contributed by atoms with van der Waals surface area (Å²) in [6.45, 7) is 3.46. The van der Waals surface area contributed by atoms with Crippen LogP contribution in [0.4, 0.5) is 0 Å². The zero-order valence-corrected chi connectivity index (χ0v) is 12.8. The summed E-state index contributed by atoms with van der Waals surface area (Å²) in [5.41, 5.74) is -0.392. The molecule has 3 rings (SSSR count). The number of hydrogen-bond acceptors (Lipinski definition) is 5. The Kier molecular flexibility index (Phi) is 3.49. The van der Waals surface area contributed by atoms with Crippen LogP contribution in [0.3, 0.4) is 0 Å². The highest BCUT2D eigenvalue weighted by atomic mass is 16.5. The molecule has 2 heterocycles. The van der Waals surface area contributed by atoms with E-state index in [9.17, 15) is 19.8 Å². The molecule has 0 amide bonds. The van der Waals surface area contributed by atoms with Crippen molar-refractivity contribution < 1.29 is 19.7 Å². The standard InChI is InChI=1S/C17H17NO5/c1-17(2)16(22)15(18-6-5-11(20)8-14(18)21)12-7-10(9-19)3-4-13(12)23-17/h3-9,15-16,20,22H,1-2H3. The van der Waals surface area contributed by atoms with Gasteiger partial charge in [-0.1, -0.05) is 0 Å². The SMILES string of the molecule is CC1(C)Oc2ccc(C=O)cc2C(n2ccc(O)cc2=O)C1O. The largest absolute Gasteiger partial charge is 0.508 e. The Balaban J connectivity index is 2.25. The van der Waals surface area contributed by atoms with Gasteiger partial charge in [0.05, 0.1) is 6.04 Å². The minimum Gasteiger partial charge on any atom is -0.508 e. The van der Waals surface area contributed by atoms with Gasteiger partial charge in [0, 0.05) is 23.4 Å². The predicted molar refractivity (Wildman–Crippen MR) is 83.0 cm³/mol. The molecule has 2 aromatic rings. The number of aromatic hydroxyl groups is 1. The highest BCUT2D eigenvalue weighted by molar-refractivity contribution is 5.76. The van der Waals surface area contributed by atoms with Gasteiger partial charge in [0.25, 0.3) is 5.56 Å². The van der Waals surface area contributed by atoms with Crippen LogP contribution in [-0.2, 0) is 0 Å². The van der Waals surface area contributed by atoms with Crippen LogP contribution in [0.1, 0.15) is 35.8 Å². The van der Waals surface area contributed by atoms with Gasteiger partial charge in [-0.2, -0.15) is 0 Å². The van der Waals surface area contributed by atoms with E-state index in [1.165, 1.54) is 16.8 Å². The second kappa shape index (κ2) is 5.24. The van der Waals surface area contributed by atoms with Crippen LogP contribution < -0.4 is 10.3 Å². The third kappa shape index (κ3) is 2.51. The first-order chi connectivity index (χ1) is 10.8. The lowest BCUT2D eigenvalue weighted by Crippen LogP contribution is -2.52. The molecule has 2 unspecified atom stereocenters. The number of hydrogen-bond donors (Lipinski definition) is 2. The summed E-state index contributed by atoms with van der Waals surface area (Å²) in [6, 6.07) is 6.62. The van der Waals surface area contributed by atoms with Crippen molar-refractivity contribution in [2.24, 2.45) is 0 Å². The molecule has 120 valence electrons. The second-order valence-electron chi connectivity index (χ2n) is 6.14. The number of benzene rings is 1. The summed E-state index contributed by atoms with van der Waals surface area (Å²) in [4.78, 5) is 23.3. The van der Waals surface area contributed by atoms with E-state index in [0.29, 0.717) is 23.2 Å². The summed E-state index contributed by atoms with van der Waals surface area (Å²) in [5, 5.41) is 20.2. The van der Waals surface area contributed by atoms with Crippen LogP contribution in [0, 0.1) is 0 Å². The Morgan fingerprint density at radius 1 is 1.26 bits per heavy atom. The molecule has 6 heteroatoms. The Morgan fingerprint density at radius 3 is 2.65 bits per heavy atom. The molecule has 0 bridgehead atoms. The van der Waals surface area contributed by atoms with E-state index < -0.39 is 23.3 Å². The zero-order chi connectivity index (χ0) is 16.8. The monoisotopic (exact) mass is 315 g/mol. The quantitative estimate of drug-likeness (QED) is 0.820. The maximum absolute atomic E-state index is 12.2. The number of aliphatic hydroxyl groups excluding tert-OH is 1. The smallest absolute Gasteiger partial charge is 0.254 e. The highest BCUT2D eigenvalue weighted by Gasteiger charge is 2.44. The molecule has 0 radical (unpaired) electrons. The van der Waals surface area contributed by atoms with Crippen LogP contribution in [0.15, 0.2) is 41.3 Å². The topological polar surface area (TPSA) is 88.8 Å². The van der Waals surface area contributed by atoms with Gasteiger partial charge in [0.15, 0.2) is 0 Å². The molecule has 1 aromatic carbocycles. The lowest BCUT2D eigenvalue weighted by molar-refractivity contribution is -0.0643. The Hall–Kier alpha value is -2.60. The number of nitrogens with zero attached hydrogens (tertiary/aromatic N) is 1. The minimum atomic E-state index is -1.01. The van der Waals surface area contributed by atoms with Gasteiger partial charge in [0.2, 0.25) is 0 Å². The van der Waals surface area contributed by atoms with Gasteiger partial charge in [-0.15, -0.1) is 0 Å². The maximum Gasteiger partial charge on any atom is 0.254 e. The van der Waals surface area contributed by atoms with Crippen molar-refractivity contribution in [3.05, 3.63) is 58.0 Å². The normalized spacial score (nSPS) is 22.0. The number of aromatic nitrogens is 1. The molecule has 1 aliphatic heterocycles. The van der Waals surface area contributed by atoms with Crippen LogP contribution in [0.2, 0.25) is 0 Å². The van der Waals surface area contributed by atoms with E-state index >= 15 is 0 Å². The fourth-order valence-corrected chi connectivity index (χ4v) is 2.87. The summed E-state index contributed by atoms with van der Waals surface area (Å²) < 4.78 is 7.15. The van der Waals surface area contributed by atoms with Crippen molar-refractivity contribution in [3.63, 3.8) is 0 Å². The van der Waals surface area contributed by atoms with Gasteiger partial charge >= 0.3 is 0 Å². The molecule has 1 aliphatic rings. The van der Waals surface area contributed by atoms with Gasteiger partial charge in [-0.05, 0) is 38.1 Å². The number of aliphatic hydroxyl groups is 1. The molecule has 0 saturated heterocycles. The lowest BCUT2D eigenvalue weighted by atomic mass is 9.85. The molecule has 2 atom stereocenters. The summed E-state index contributed by atoms with van der Waals surface area (Å²) in [5.74, 6) is 0.366. The Morgan fingerprint density at radius 2 is 2.00 bits per heavy atom. The van der Waals surface area contributed by atoms with Crippen molar-refractivity contribution in [3.8, 4) is 11.5 Å². The molecular formula is C17H17NO5. The summed E-state index contributed by atoms with van der Waals surface area (Å²) in [7, 11) is 0. The Bertz CT molecular complexity index is 824. The van der Waals surface area contributed by atoms with E-state index in [-0.39, 0.29) is 5.75 Å². The van der Waals surface area contributed by atoms with Crippen molar-refractivity contribution in [2.75, 3.05) is 0 Å². The van der Waals surface area contributed by atoms with E-state index in [2.05, 4.69) is 0 Å². The van der Waals surface area contributed by atoms with Crippen molar-refractivity contribution in [2.45, 2.75) is 31.6 Å². The number of ether oxygens (including phenoxy) is 1. The molecule has 0 saturated carbocycles. The summed E-state index contributed by atoms with van der Waals surface area (Å²) >= 11 is 0. The van der Waals surface area contributed by atoms with Crippen LogP contribution in [-0.4, -0.2) is 32.8 Å². The van der Waals surface area contributed by atoms with Crippen molar-refractivity contribution in [1.29, 1.82) is 0 Å². The minimum absolute atomic E-state index is 0.145. The molecular weight excluding hydrogens is 298 g/mol. The number of aldehydes is 1. The van der Waals surface area contributed by atoms with Gasteiger partial charge in [-0.3, -0.25) is 9.59 Å². The molecule has 1 aromatic heterocycles. The first kappa shape index (κ1) is 15.3. The maximum atomic E-state index is 12.2. The molecule has 6 nitrogen and oxygen atoms in total. The fraction of sp³-hybridized carbons (Fsp3) is 0.294. The van der Waals surface area contributed by atoms with Crippen LogP contribution in [0.25, 0.3) is 0 Å². The molecule has 0 fully saturated rings. The van der Waals surface area contributed by atoms with Crippen LogP contribution in [0.5, 0.6) is 11.5 Å². The average molecular weight is 315 g/mol. The van der Waals surface area contributed by atoms with Gasteiger partial charge < -0.3 is 19.5 Å². The molecule has 0 aliphatic carbocycles. The van der Waals surface area contributed by atoms with Crippen LogP contribution >= 0.6 is 0 Å². The Labute approximate surface area is 132 Å². The third-order valence-electron chi connectivity index (χ3n) is 4.10. The van der Waals surface area contributed by atoms with Gasteiger partial charge in [0.1, 0.15) is 29.5 Å². The molecule has 2 N–H and O–H groups in total. The summed E-state index contributed by atoms with van der Waals surface area (Å²) in [6.07, 6.45) is 1.10. The average Bonchev–Trinajstić information content (AvgIpc) is 2.49. The van der Waals surface area contributed by atoms with E-state index in [4.69, 9.17) is 4.74 Å². The number of pyridine rings is 1. The van der Waals surface area contributed by atoms with Crippen molar-refractivity contribution >= 4 is 6.29 Å². The molecule has 0 spiro atoms. The van der Waals surface area contributed by atoms with E-state index in [1.807, 2.05) is 0 Å². The fourth-order valence-electron chi connectivity index (χ4n) is 2.87.